The van der Waals surface area contributed by atoms with Crippen molar-refractivity contribution in [2.45, 2.75) is 490 Å². The molecule has 636 valence electrons. The van der Waals surface area contributed by atoms with E-state index >= 15 is 0 Å². The number of carbonyl (C=O) groups is 4. The SMILES string of the molecule is CCCCCCCCCCCCCCCCCCCCCC(=O)O[C@H](COC(=O)CCCCCCCCC)COP(=O)(O)OC[C@H](O)COP(=O)(O)OC[C@@H](COC(=O)CCCCCCCCCCCCCCCCCCC(C)C)OC(=O)CCCCCCCCCCCCCCCCCCCCC(C)CC. The molecule has 0 aliphatic heterocycles. The topological polar surface area (TPSA) is 237 Å². The third kappa shape index (κ3) is 80.5. The molecule has 17 nitrogen and oxygen atoms in total. The van der Waals surface area contributed by atoms with Crippen molar-refractivity contribution in [3.63, 3.8) is 0 Å². The minimum absolute atomic E-state index is 0.109. The number of unbranched alkanes of at least 4 members (excludes halogenated alkanes) is 56. The first-order chi connectivity index (χ1) is 51.9. The van der Waals surface area contributed by atoms with Crippen molar-refractivity contribution in [2.75, 3.05) is 39.6 Å². The number of ether oxygens (including phenoxy) is 4. The number of carbonyl (C=O) groups excluding carboxylic acids is 4. The maximum atomic E-state index is 13.1. The molecule has 0 spiro atoms. The zero-order valence-corrected chi connectivity index (χ0v) is 72.2. The maximum absolute atomic E-state index is 13.1. The van der Waals surface area contributed by atoms with Gasteiger partial charge in [0.05, 0.1) is 26.4 Å². The van der Waals surface area contributed by atoms with E-state index in [1.165, 1.54) is 276 Å². The molecule has 0 aliphatic rings. The van der Waals surface area contributed by atoms with E-state index in [1.807, 2.05) is 0 Å². The van der Waals surface area contributed by atoms with Crippen LogP contribution in [0.4, 0.5) is 0 Å². The van der Waals surface area contributed by atoms with Gasteiger partial charge in [0, 0.05) is 25.7 Å². The molecule has 0 rings (SSSR count). The van der Waals surface area contributed by atoms with Gasteiger partial charge in [-0.1, -0.05) is 420 Å². The number of phosphoric ester groups is 2. The van der Waals surface area contributed by atoms with Crippen molar-refractivity contribution >= 4 is 39.5 Å². The minimum Gasteiger partial charge on any atom is -0.462 e. The van der Waals surface area contributed by atoms with Crippen LogP contribution in [0.3, 0.4) is 0 Å². The van der Waals surface area contributed by atoms with Gasteiger partial charge in [-0.15, -0.1) is 0 Å². The van der Waals surface area contributed by atoms with Crippen LogP contribution in [0.15, 0.2) is 0 Å². The fourth-order valence-corrected chi connectivity index (χ4v) is 15.3. The number of hydrogen-bond donors (Lipinski definition) is 3. The van der Waals surface area contributed by atoms with Crippen LogP contribution in [0.25, 0.3) is 0 Å². The zero-order chi connectivity index (χ0) is 78.5. The van der Waals surface area contributed by atoms with Gasteiger partial charge in [-0.2, -0.15) is 0 Å². The summed E-state index contributed by atoms with van der Waals surface area (Å²) in [7, 11) is -9.92. The Labute approximate surface area is 658 Å². The smallest absolute Gasteiger partial charge is 0.462 e. The summed E-state index contributed by atoms with van der Waals surface area (Å²) in [6.45, 7) is 9.74. The summed E-state index contributed by atoms with van der Waals surface area (Å²) in [6, 6.07) is 0. The molecule has 0 bridgehead atoms. The van der Waals surface area contributed by atoms with Gasteiger partial charge in [0.1, 0.15) is 19.3 Å². The van der Waals surface area contributed by atoms with Gasteiger partial charge >= 0.3 is 39.5 Å². The molecule has 6 atom stereocenters. The predicted molar refractivity (Wildman–Crippen MR) is 442 cm³/mol. The summed E-state index contributed by atoms with van der Waals surface area (Å²) in [5.74, 6) is -0.421. The van der Waals surface area contributed by atoms with Crippen molar-refractivity contribution in [3.05, 3.63) is 0 Å². The lowest BCUT2D eigenvalue weighted by Crippen LogP contribution is -2.30. The van der Waals surface area contributed by atoms with Gasteiger partial charge in [-0.3, -0.25) is 37.3 Å². The predicted octanol–water partition coefficient (Wildman–Crippen LogP) is 27.0. The van der Waals surface area contributed by atoms with Crippen molar-refractivity contribution in [2.24, 2.45) is 11.8 Å². The molecule has 107 heavy (non-hydrogen) atoms. The van der Waals surface area contributed by atoms with E-state index in [0.29, 0.717) is 25.7 Å². The van der Waals surface area contributed by atoms with E-state index in [-0.39, 0.29) is 25.7 Å². The van der Waals surface area contributed by atoms with E-state index in [2.05, 4.69) is 41.5 Å². The zero-order valence-electron chi connectivity index (χ0n) is 70.5. The first-order valence-corrected chi connectivity index (χ1v) is 48.5. The number of hydrogen-bond acceptors (Lipinski definition) is 15. The molecule has 0 fully saturated rings. The second-order valence-electron chi connectivity index (χ2n) is 32.4. The van der Waals surface area contributed by atoms with Gasteiger partial charge in [-0.25, -0.2) is 9.13 Å². The van der Waals surface area contributed by atoms with Gasteiger partial charge in [0.25, 0.3) is 0 Å². The first-order valence-electron chi connectivity index (χ1n) is 45.5. The summed E-state index contributed by atoms with van der Waals surface area (Å²) in [5, 5.41) is 10.7. The van der Waals surface area contributed by atoms with Crippen LogP contribution in [0, 0.1) is 11.8 Å². The number of esters is 4. The van der Waals surface area contributed by atoms with Crippen LogP contribution in [0.1, 0.15) is 472 Å². The molecule has 0 heterocycles. The Morgan fingerprint density at radius 1 is 0.271 bits per heavy atom. The lowest BCUT2D eigenvalue weighted by atomic mass is 9.99. The number of aliphatic hydroxyl groups excluding tert-OH is 1. The summed E-state index contributed by atoms with van der Waals surface area (Å²) >= 11 is 0. The molecule has 3 unspecified atom stereocenters. The Bertz CT molecular complexity index is 2050. The van der Waals surface area contributed by atoms with E-state index in [1.54, 1.807) is 0 Å². The molecule has 0 radical (unpaired) electrons. The second-order valence-corrected chi connectivity index (χ2v) is 35.3. The number of aliphatic hydroxyl groups is 1. The molecule has 0 aromatic heterocycles. The molecular formula is C88H172O17P2. The normalized spacial score (nSPS) is 14.0. The van der Waals surface area contributed by atoms with Gasteiger partial charge in [0.2, 0.25) is 0 Å². The summed E-state index contributed by atoms with van der Waals surface area (Å²) in [6.07, 6.45) is 72.4. The lowest BCUT2D eigenvalue weighted by Gasteiger charge is -2.21. The molecule has 0 saturated heterocycles. The third-order valence-corrected chi connectivity index (χ3v) is 23.0. The average molecular weight is 1560 g/mol. The van der Waals surface area contributed by atoms with Crippen molar-refractivity contribution in [3.8, 4) is 0 Å². The Morgan fingerprint density at radius 3 is 0.710 bits per heavy atom. The Hall–Kier alpha value is -1.94. The summed E-state index contributed by atoms with van der Waals surface area (Å²) in [5.41, 5.74) is 0. The molecule has 3 N–H and O–H groups in total. The Kier molecular flexibility index (Phi) is 77.9. The molecule has 0 aromatic rings. The molecule has 19 heteroatoms. The standard InChI is InChI=1S/C88H172O17P2/c1-7-10-12-14-16-17-18-19-20-21-22-26-33-38-43-48-54-60-66-72-87(92)104-83(76-98-85(90)70-64-58-50-15-13-11-8-2)78-102-106(94,95)100-74-82(89)75-101-107(96,97)103-79-84(77-99-86(91)71-65-59-53-47-42-37-32-29-28-30-35-40-45-51-56-62-68-80(4)5)105-88(93)73-67-61-55-49-44-39-34-27-24-23-25-31-36-41-46-52-57-63-69-81(6)9-3/h80-84,89H,7-79H2,1-6H3,(H,94,95)(H,96,97)/t81?,82-,83+,84+/m0/s1. The van der Waals surface area contributed by atoms with Crippen molar-refractivity contribution < 1.29 is 80.2 Å². The first kappa shape index (κ1) is 105. The second kappa shape index (κ2) is 79.3. The highest BCUT2D eigenvalue weighted by Crippen LogP contribution is 2.45. The third-order valence-electron chi connectivity index (χ3n) is 21.1. The average Bonchev–Trinajstić information content (AvgIpc) is 0.902. The minimum atomic E-state index is -4.97. The molecule has 0 aromatic carbocycles. The van der Waals surface area contributed by atoms with Crippen LogP contribution in [0.2, 0.25) is 0 Å². The highest BCUT2D eigenvalue weighted by Gasteiger charge is 2.31. The fraction of sp³-hybridized carbons (Fsp3) is 0.955. The molecule has 0 amide bonds. The van der Waals surface area contributed by atoms with Gasteiger partial charge in [0.15, 0.2) is 12.2 Å². The largest absolute Gasteiger partial charge is 0.472 e. The monoisotopic (exact) mass is 1560 g/mol. The number of phosphoric acid groups is 2. The highest BCUT2D eigenvalue weighted by atomic mass is 31.2. The van der Waals surface area contributed by atoms with E-state index in [0.717, 1.165) is 115 Å². The van der Waals surface area contributed by atoms with Gasteiger partial charge in [-0.05, 0) is 37.5 Å². The maximum Gasteiger partial charge on any atom is 0.472 e. The van der Waals surface area contributed by atoms with E-state index in [4.69, 9.17) is 37.0 Å². The number of rotatable bonds is 87. The van der Waals surface area contributed by atoms with Crippen LogP contribution < -0.4 is 0 Å². The van der Waals surface area contributed by atoms with Crippen LogP contribution >= 0.6 is 15.6 Å². The van der Waals surface area contributed by atoms with Crippen molar-refractivity contribution in [1.29, 1.82) is 0 Å². The molecule has 0 aliphatic carbocycles. The fourth-order valence-electron chi connectivity index (χ4n) is 13.7. The Balaban J connectivity index is 5.15. The quantitative estimate of drug-likeness (QED) is 0.0222. The summed E-state index contributed by atoms with van der Waals surface area (Å²) < 4.78 is 68.8. The molecular weight excluding hydrogens is 1390 g/mol. The Morgan fingerprint density at radius 2 is 0.477 bits per heavy atom. The molecule has 0 saturated carbocycles. The highest BCUT2D eigenvalue weighted by molar-refractivity contribution is 7.47. The van der Waals surface area contributed by atoms with E-state index in [9.17, 15) is 43.2 Å². The van der Waals surface area contributed by atoms with Crippen LogP contribution in [-0.2, 0) is 65.4 Å². The van der Waals surface area contributed by atoms with E-state index < -0.39 is 97.5 Å². The van der Waals surface area contributed by atoms with Crippen LogP contribution in [0.5, 0.6) is 0 Å². The van der Waals surface area contributed by atoms with Crippen LogP contribution in [-0.4, -0.2) is 96.7 Å². The summed E-state index contributed by atoms with van der Waals surface area (Å²) in [4.78, 5) is 73.1. The lowest BCUT2D eigenvalue weighted by molar-refractivity contribution is -0.161. The van der Waals surface area contributed by atoms with Crippen molar-refractivity contribution in [1.82, 2.24) is 0 Å². The van der Waals surface area contributed by atoms with Gasteiger partial charge < -0.3 is 33.8 Å².